The number of rotatable bonds is 5. The number of carbonyl (C=O) groups excluding carboxylic acids is 1. The molecule has 0 radical (unpaired) electrons. The average Bonchev–Trinajstić information content (AvgIpc) is 3.45. The quantitative estimate of drug-likeness (QED) is 0.501. The molecule has 0 aliphatic carbocycles. The molecular weight excluding hydrogens is 433 g/mol. The molecule has 2 aromatic carbocycles. The molecule has 0 saturated heterocycles. The van der Waals surface area contributed by atoms with Crippen LogP contribution in [0.3, 0.4) is 0 Å². The summed E-state index contributed by atoms with van der Waals surface area (Å²) < 4.78 is 23.3. The minimum absolute atomic E-state index is 0.0570. The van der Waals surface area contributed by atoms with Crippen LogP contribution in [-0.2, 0) is 6.42 Å². The Morgan fingerprint density at radius 3 is 2.72 bits per heavy atom. The van der Waals surface area contributed by atoms with Crippen LogP contribution >= 0.6 is 11.3 Å². The molecule has 1 atom stereocenters. The second-order valence-electron chi connectivity index (χ2n) is 7.42. The summed E-state index contributed by atoms with van der Waals surface area (Å²) in [6.45, 7) is 1.64. The fourth-order valence-electron chi connectivity index (χ4n) is 3.84. The molecule has 1 amide bonds. The lowest BCUT2D eigenvalue weighted by atomic mass is 10.1. The van der Waals surface area contributed by atoms with Gasteiger partial charge in [0.05, 0.1) is 17.4 Å². The molecule has 4 aromatic rings. The Labute approximate surface area is 185 Å². The normalized spacial score (nSPS) is 15.0. The summed E-state index contributed by atoms with van der Waals surface area (Å²) in [6, 6.07) is 13.9. The lowest BCUT2D eigenvalue weighted by Crippen LogP contribution is -2.26. The number of nitrogens with zero attached hydrogens (tertiary/aromatic N) is 4. The highest BCUT2D eigenvalue weighted by Crippen LogP contribution is 2.34. The Hall–Kier alpha value is -3.79. The number of aryl methyl sites for hydroxylation is 2. The third-order valence-electron chi connectivity index (χ3n) is 5.35. The summed E-state index contributed by atoms with van der Waals surface area (Å²) in [5, 5.41) is 4.79. The predicted octanol–water partition coefficient (Wildman–Crippen LogP) is 3.36. The van der Waals surface area contributed by atoms with E-state index in [4.69, 9.17) is 10.5 Å². The number of thiazole rings is 1. The third kappa shape index (κ3) is 3.38. The van der Waals surface area contributed by atoms with Crippen LogP contribution in [0.15, 0.2) is 53.3 Å². The van der Waals surface area contributed by atoms with Crippen molar-refractivity contribution < 1.29 is 13.9 Å². The molecule has 8 nitrogen and oxygen atoms in total. The van der Waals surface area contributed by atoms with Gasteiger partial charge in [-0.15, -0.1) is 5.10 Å². The molecule has 3 heterocycles. The second-order valence-corrected chi connectivity index (χ2v) is 8.38. The van der Waals surface area contributed by atoms with E-state index in [9.17, 15) is 14.0 Å². The molecule has 1 aliphatic rings. The Kier molecular flexibility index (Phi) is 4.86. The topological polar surface area (TPSA) is 105 Å². The van der Waals surface area contributed by atoms with Crippen LogP contribution in [-0.4, -0.2) is 25.2 Å². The number of primary amides is 1. The first kappa shape index (κ1) is 20.1. The summed E-state index contributed by atoms with van der Waals surface area (Å²) in [4.78, 5) is 28.4. The third-order valence-corrected chi connectivity index (χ3v) is 6.40. The van der Waals surface area contributed by atoms with Crippen LogP contribution in [0, 0.1) is 12.7 Å². The number of nitrogens with two attached hydrogens (primary N) is 1. The van der Waals surface area contributed by atoms with Crippen molar-refractivity contribution in [2.45, 2.75) is 25.8 Å². The van der Waals surface area contributed by atoms with E-state index in [1.807, 2.05) is 30.3 Å². The van der Waals surface area contributed by atoms with Crippen molar-refractivity contribution in [1.82, 2.24) is 19.3 Å². The van der Waals surface area contributed by atoms with Gasteiger partial charge in [0.2, 0.25) is 5.06 Å². The molecule has 2 aromatic heterocycles. The number of benzene rings is 2. The zero-order chi connectivity index (χ0) is 22.4. The van der Waals surface area contributed by atoms with E-state index in [0.717, 1.165) is 23.3 Å². The first-order chi connectivity index (χ1) is 15.4. The number of hydrogen-bond donors (Lipinski definition) is 1. The summed E-state index contributed by atoms with van der Waals surface area (Å²) in [6.07, 6.45) is 1.46. The first-order valence-electron chi connectivity index (χ1n) is 9.93. The van der Waals surface area contributed by atoms with Gasteiger partial charge in [-0.25, -0.2) is 14.2 Å². The van der Waals surface area contributed by atoms with Crippen LogP contribution in [0.25, 0.3) is 5.69 Å². The largest absolute Gasteiger partial charge is 0.442 e. The number of fused-ring (bicyclic) bond motifs is 1. The average molecular weight is 451 g/mol. The lowest BCUT2D eigenvalue weighted by Gasteiger charge is -2.12. The fraction of sp³-hybridized carbons (Fsp3) is 0.182. The Morgan fingerprint density at radius 2 is 2.03 bits per heavy atom. The predicted molar refractivity (Wildman–Crippen MR) is 116 cm³/mol. The Morgan fingerprint density at radius 1 is 1.25 bits per heavy atom. The standard InChI is InChI=1S/C22H18FN5O3S/c1-12-21(32-20(25-12)19(24)29)31-17-9-7-14(11-15(17)23)28-22(30)27-16(8-10-18(27)26-28)13-5-3-2-4-6-13/h2-7,9,11,16H,8,10H2,1H3,(H2,24,29). The van der Waals surface area contributed by atoms with Gasteiger partial charge in [0.25, 0.3) is 5.91 Å². The van der Waals surface area contributed by atoms with Gasteiger partial charge in [0.1, 0.15) is 5.82 Å². The maximum Gasteiger partial charge on any atom is 0.351 e. The molecule has 0 spiro atoms. The molecule has 0 bridgehead atoms. The molecule has 162 valence electrons. The second kappa shape index (κ2) is 7.72. The van der Waals surface area contributed by atoms with E-state index in [1.165, 1.54) is 16.8 Å². The van der Waals surface area contributed by atoms with Crippen LogP contribution < -0.4 is 16.2 Å². The van der Waals surface area contributed by atoms with Crippen molar-refractivity contribution in [2.75, 3.05) is 0 Å². The van der Waals surface area contributed by atoms with Gasteiger partial charge < -0.3 is 10.5 Å². The van der Waals surface area contributed by atoms with Gasteiger partial charge in [-0.3, -0.25) is 9.36 Å². The molecule has 32 heavy (non-hydrogen) atoms. The molecule has 0 fully saturated rings. The molecule has 2 N–H and O–H groups in total. The van der Waals surface area contributed by atoms with E-state index < -0.39 is 11.7 Å². The highest BCUT2D eigenvalue weighted by atomic mass is 32.1. The van der Waals surface area contributed by atoms with E-state index in [1.54, 1.807) is 17.6 Å². The number of amides is 1. The number of aromatic nitrogens is 4. The highest BCUT2D eigenvalue weighted by molar-refractivity contribution is 7.15. The summed E-state index contributed by atoms with van der Waals surface area (Å²) in [5.41, 5.74) is 6.69. The Bertz CT molecular complexity index is 1390. The van der Waals surface area contributed by atoms with Crippen molar-refractivity contribution in [2.24, 2.45) is 5.73 Å². The minimum Gasteiger partial charge on any atom is -0.442 e. The van der Waals surface area contributed by atoms with Crippen molar-refractivity contribution in [1.29, 1.82) is 0 Å². The van der Waals surface area contributed by atoms with Crippen LogP contribution in [0.5, 0.6) is 10.8 Å². The highest BCUT2D eigenvalue weighted by Gasteiger charge is 2.29. The Balaban J connectivity index is 1.46. The van der Waals surface area contributed by atoms with Crippen LogP contribution in [0.4, 0.5) is 4.39 Å². The molecule has 1 unspecified atom stereocenters. The molecule has 10 heteroatoms. The minimum atomic E-state index is -0.676. The zero-order valence-corrected chi connectivity index (χ0v) is 17.8. The van der Waals surface area contributed by atoms with Gasteiger partial charge in [0, 0.05) is 12.5 Å². The van der Waals surface area contributed by atoms with Gasteiger partial charge in [-0.1, -0.05) is 41.7 Å². The van der Waals surface area contributed by atoms with Crippen molar-refractivity contribution in [3.8, 4) is 16.5 Å². The van der Waals surface area contributed by atoms with Crippen LogP contribution in [0.1, 0.15) is 39.3 Å². The van der Waals surface area contributed by atoms with E-state index in [0.29, 0.717) is 23.6 Å². The maximum atomic E-state index is 14.8. The smallest absolute Gasteiger partial charge is 0.351 e. The molecule has 0 saturated carbocycles. The van der Waals surface area contributed by atoms with E-state index >= 15 is 0 Å². The molecule has 1 aliphatic heterocycles. The van der Waals surface area contributed by atoms with Gasteiger partial charge in [-0.2, -0.15) is 4.68 Å². The molecule has 5 rings (SSSR count). The number of halogens is 1. The van der Waals surface area contributed by atoms with E-state index in [-0.39, 0.29) is 27.6 Å². The van der Waals surface area contributed by atoms with Crippen molar-refractivity contribution in [3.63, 3.8) is 0 Å². The van der Waals surface area contributed by atoms with Gasteiger partial charge in [-0.05, 0) is 31.0 Å². The van der Waals surface area contributed by atoms with Gasteiger partial charge in [0.15, 0.2) is 16.6 Å². The summed E-state index contributed by atoms with van der Waals surface area (Å²) in [7, 11) is 0. The lowest BCUT2D eigenvalue weighted by molar-refractivity contribution is 0.1000. The van der Waals surface area contributed by atoms with Crippen molar-refractivity contribution in [3.05, 3.63) is 86.9 Å². The number of hydrogen-bond acceptors (Lipinski definition) is 6. The fourth-order valence-corrected chi connectivity index (χ4v) is 4.63. The van der Waals surface area contributed by atoms with Crippen LogP contribution in [0.2, 0.25) is 0 Å². The molecular formula is C22H18FN5O3S. The summed E-state index contributed by atoms with van der Waals surface area (Å²) in [5.74, 6) is -0.734. The summed E-state index contributed by atoms with van der Waals surface area (Å²) >= 11 is 0.943. The SMILES string of the molecule is Cc1nc(C(N)=O)sc1Oc1ccc(-n2nc3n(c2=O)C(c2ccccc2)CC3)cc1F. The van der Waals surface area contributed by atoms with Crippen molar-refractivity contribution >= 4 is 17.2 Å². The first-order valence-corrected chi connectivity index (χ1v) is 10.7. The number of carbonyl (C=O) groups is 1. The zero-order valence-electron chi connectivity index (χ0n) is 17.0. The monoisotopic (exact) mass is 451 g/mol. The maximum absolute atomic E-state index is 14.8. The number of ether oxygens (including phenoxy) is 1. The van der Waals surface area contributed by atoms with E-state index in [2.05, 4.69) is 10.1 Å². The van der Waals surface area contributed by atoms with Gasteiger partial charge >= 0.3 is 5.69 Å².